The summed E-state index contributed by atoms with van der Waals surface area (Å²) in [5.41, 5.74) is 2.22. The van der Waals surface area contributed by atoms with E-state index < -0.39 is 0 Å². The third kappa shape index (κ3) is 3.19. The molecule has 0 aromatic carbocycles. The summed E-state index contributed by atoms with van der Waals surface area (Å²) in [4.78, 5) is 9.41. The summed E-state index contributed by atoms with van der Waals surface area (Å²) in [6.45, 7) is 11.3. The van der Waals surface area contributed by atoms with E-state index in [1.807, 2.05) is 6.07 Å². The topological polar surface area (TPSA) is 70.9 Å². The Bertz CT molecular complexity index is 814. The Morgan fingerprint density at radius 3 is 2.54 bits per heavy atom. The Hall–Kier alpha value is -2.21. The first kappa shape index (κ1) is 16.6. The van der Waals surface area contributed by atoms with Gasteiger partial charge in [0, 0.05) is 24.6 Å². The average molecular weight is 326 g/mol. The van der Waals surface area contributed by atoms with Crippen LogP contribution in [0, 0.1) is 0 Å². The second kappa shape index (κ2) is 6.73. The molecule has 6 nitrogen and oxygen atoms in total. The average Bonchev–Trinajstić information content (AvgIpc) is 3.18. The molecule has 0 amide bonds. The maximum Gasteiger partial charge on any atom is 0.153 e. The van der Waals surface area contributed by atoms with Gasteiger partial charge in [0.15, 0.2) is 5.82 Å². The zero-order chi connectivity index (χ0) is 17.3. The number of aromatic amines is 1. The first-order chi connectivity index (χ1) is 11.5. The minimum atomic E-state index is 0.0907. The Balaban J connectivity index is 1.77. The smallest absolute Gasteiger partial charge is 0.153 e. The number of hydrogen-bond donors (Lipinski definition) is 2. The van der Waals surface area contributed by atoms with Crippen LogP contribution in [-0.4, -0.2) is 24.6 Å². The molecule has 0 aliphatic carbocycles. The molecule has 0 unspecified atom stereocenters. The molecule has 0 aliphatic rings. The molecule has 3 aromatic rings. The van der Waals surface area contributed by atoms with E-state index in [0.29, 0.717) is 18.4 Å². The van der Waals surface area contributed by atoms with Crippen LogP contribution < -0.4 is 5.32 Å². The van der Waals surface area contributed by atoms with Crippen molar-refractivity contribution in [3.05, 3.63) is 47.6 Å². The van der Waals surface area contributed by atoms with Gasteiger partial charge >= 0.3 is 0 Å². The molecule has 3 rings (SSSR count). The predicted octanol–water partition coefficient (Wildman–Crippen LogP) is 3.55. The summed E-state index contributed by atoms with van der Waals surface area (Å²) < 4.78 is 2.18. The molecule has 1 atom stereocenters. The quantitative estimate of drug-likeness (QED) is 0.727. The second-order valence-corrected chi connectivity index (χ2v) is 6.86. The molecule has 0 aliphatic heterocycles. The van der Waals surface area contributed by atoms with Gasteiger partial charge in [-0.3, -0.25) is 5.10 Å². The van der Waals surface area contributed by atoms with Crippen molar-refractivity contribution < 1.29 is 0 Å². The van der Waals surface area contributed by atoms with Crippen molar-refractivity contribution in [2.75, 3.05) is 0 Å². The van der Waals surface area contributed by atoms with Gasteiger partial charge in [0.05, 0.1) is 17.3 Å². The van der Waals surface area contributed by atoms with E-state index in [9.17, 15) is 0 Å². The van der Waals surface area contributed by atoms with E-state index in [1.165, 1.54) is 0 Å². The van der Waals surface area contributed by atoms with Crippen molar-refractivity contribution >= 4 is 5.52 Å². The minimum absolute atomic E-state index is 0.0907. The van der Waals surface area contributed by atoms with Crippen molar-refractivity contribution in [2.45, 2.75) is 59.0 Å². The molecule has 0 fully saturated rings. The number of H-pyrrole nitrogens is 1. The molecule has 0 bridgehead atoms. The van der Waals surface area contributed by atoms with Gasteiger partial charge in [0.2, 0.25) is 0 Å². The Labute approximate surface area is 142 Å². The number of rotatable bonds is 6. The number of nitrogens with zero attached hydrogens (tertiary/aromatic N) is 4. The number of hydrogen-bond acceptors (Lipinski definition) is 4. The number of nitrogens with one attached hydrogen (secondary N) is 2. The molecule has 3 aromatic heterocycles. The van der Waals surface area contributed by atoms with Gasteiger partial charge in [-0.2, -0.15) is 5.10 Å². The van der Waals surface area contributed by atoms with E-state index in [0.717, 1.165) is 28.7 Å². The van der Waals surface area contributed by atoms with Gasteiger partial charge in [-0.15, -0.1) is 0 Å². The maximum absolute atomic E-state index is 4.84. The van der Waals surface area contributed by atoms with Crippen LogP contribution in [0.3, 0.4) is 0 Å². The lowest BCUT2D eigenvalue weighted by molar-refractivity contribution is 0.543. The van der Waals surface area contributed by atoms with Gasteiger partial charge in [0.25, 0.3) is 0 Å². The number of imidazole rings is 1. The van der Waals surface area contributed by atoms with Crippen LogP contribution in [-0.2, 0) is 6.54 Å². The molecule has 128 valence electrons. The molecule has 0 spiro atoms. The molecular weight excluding hydrogens is 300 g/mol. The van der Waals surface area contributed by atoms with E-state index in [4.69, 9.17) is 4.98 Å². The van der Waals surface area contributed by atoms with Crippen molar-refractivity contribution in [1.82, 2.24) is 29.9 Å². The Kier molecular flexibility index (Phi) is 4.66. The summed E-state index contributed by atoms with van der Waals surface area (Å²) in [6.07, 6.45) is 2.08. The lowest BCUT2D eigenvalue weighted by atomic mass is 10.2. The molecule has 3 heterocycles. The summed E-state index contributed by atoms with van der Waals surface area (Å²) in [5.74, 6) is 3.53. The fourth-order valence-corrected chi connectivity index (χ4v) is 2.75. The number of aromatic nitrogens is 5. The summed E-state index contributed by atoms with van der Waals surface area (Å²) >= 11 is 0. The SMILES string of the molecule is CC(C)c1n[nH]c([C@H](C)NCc2nc(C(C)C)n3ccccc23)n1. The molecule has 0 saturated carbocycles. The highest BCUT2D eigenvalue weighted by Crippen LogP contribution is 2.20. The summed E-state index contributed by atoms with van der Waals surface area (Å²) in [6, 6.07) is 6.31. The molecule has 0 saturated heterocycles. The van der Waals surface area contributed by atoms with Crippen molar-refractivity contribution in [3.63, 3.8) is 0 Å². The highest BCUT2D eigenvalue weighted by Gasteiger charge is 2.16. The van der Waals surface area contributed by atoms with E-state index in [2.05, 4.69) is 77.8 Å². The highest BCUT2D eigenvalue weighted by molar-refractivity contribution is 5.53. The van der Waals surface area contributed by atoms with Crippen LogP contribution >= 0.6 is 0 Å². The zero-order valence-electron chi connectivity index (χ0n) is 15.0. The highest BCUT2D eigenvalue weighted by atomic mass is 15.2. The second-order valence-electron chi connectivity index (χ2n) is 6.86. The fraction of sp³-hybridized carbons (Fsp3) is 0.500. The fourth-order valence-electron chi connectivity index (χ4n) is 2.75. The van der Waals surface area contributed by atoms with Crippen molar-refractivity contribution in [1.29, 1.82) is 0 Å². The normalized spacial score (nSPS) is 13.3. The molecule has 0 radical (unpaired) electrons. The van der Waals surface area contributed by atoms with Gasteiger partial charge in [-0.05, 0) is 19.1 Å². The zero-order valence-corrected chi connectivity index (χ0v) is 15.0. The lowest BCUT2D eigenvalue weighted by Crippen LogP contribution is -2.19. The first-order valence-electron chi connectivity index (χ1n) is 8.58. The van der Waals surface area contributed by atoms with Crippen LogP contribution in [0.2, 0.25) is 0 Å². The maximum atomic E-state index is 4.84. The van der Waals surface area contributed by atoms with E-state index in [-0.39, 0.29) is 6.04 Å². The predicted molar refractivity (Wildman–Crippen MR) is 95.0 cm³/mol. The third-order valence-electron chi connectivity index (χ3n) is 4.19. The van der Waals surface area contributed by atoms with Crippen LogP contribution in [0.15, 0.2) is 24.4 Å². The number of pyridine rings is 1. The van der Waals surface area contributed by atoms with E-state index in [1.54, 1.807) is 0 Å². The van der Waals surface area contributed by atoms with Crippen LogP contribution in [0.4, 0.5) is 0 Å². The van der Waals surface area contributed by atoms with Crippen molar-refractivity contribution in [2.24, 2.45) is 0 Å². The van der Waals surface area contributed by atoms with Crippen LogP contribution in [0.5, 0.6) is 0 Å². The van der Waals surface area contributed by atoms with Gasteiger partial charge in [-0.1, -0.05) is 33.8 Å². The van der Waals surface area contributed by atoms with Crippen molar-refractivity contribution in [3.8, 4) is 0 Å². The third-order valence-corrected chi connectivity index (χ3v) is 4.19. The van der Waals surface area contributed by atoms with Crippen LogP contribution in [0.1, 0.15) is 75.7 Å². The molecular formula is C18H26N6. The monoisotopic (exact) mass is 326 g/mol. The number of fused-ring (bicyclic) bond motifs is 1. The first-order valence-corrected chi connectivity index (χ1v) is 8.58. The van der Waals surface area contributed by atoms with Gasteiger partial charge in [-0.25, -0.2) is 9.97 Å². The summed E-state index contributed by atoms with van der Waals surface area (Å²) in [5, 5.41) is 10.8. The standard InChI is InChI=1S/C18H26N6/c1-11(2)16-21-17(23-22-16)13(5)19-10-14-15-8-6-7-9-24(15)18(20-14)12(3)4/h6-9,11-13,19H,10H2,1-5H3,(H,21,22,23)/t13-/m0/s1. The Morgan fingerprint density at radius 1 is 1.08 bits per heavy atom. The van der Waals surface area contributed by atoms with Gasteiger partial charge in [0.1, 0.15) is 11.6 Å². The van der Waals surface area contributed by atoms with Gasteiger partial charge < -0.3 is 9.72 Å². The van der Waals surface area contributed by atoms with Crippen LogP contribution in [0.25, 0.3) is 5.52 Å². The molecule has 24 heavy (non-hydrogen) atoms. The molecule has 6 heteroatoms. The summed E-state index contributed by atoms with van der Waals surface area (Å²) in [7, 11) is 0. The Morgan fingerprint density at radius 2 is 1.88 bits per heavy atom. The minimum Gasteiger partial charge on any atom is -0.303 e. The largest absolute Gasteiger partial charge is 0.303 e. The lowest BCUT2D eigenvalue weighted by Gasteiger charge is -2.09. The molecule has 2 N–H and O–H groups in total. The van der Waals surface area contributed by atoms with E-state index >= 15 is 0 Å².